The van der Waals surface area contributed by atoms with E-state index in [-0.39, 0.29) is 24.4 Å². The number of nitrogens with zero attached hydrogens (tertiary/aromatic N) is 2. The highest BCUT2D eigenvalue weighted by molar-refractivity contribution is 6.31. The van der Waals surface area contributed by atoms with Gasteiger partial charge in [0, 0.05) is 30.9 Å². The van der Waals surface area contributed by atoms with Crippen molar-refractivity contribution >= 4 is 23.1 Å². The first-order valence-corrected chi connectivity index (χ1v) is 7.92. The first-order valence-electron chi connectivity index (χ1n) is 7.55. The van der Waals surface area contributed by atoms with Crippen molar-refractivity contribution in [3.63, 3.8) is 0 Å². The zero-order chi connectivity index (χ0) is 17.3. The van der Waals surface area contributed by atoms with Crippen LogP contribution in [-0.4, -0.2) is 22.3 Å². The van der Waals surface area contributed by atoms with Gasteiger partial charge in [-0.15, -0.1) is 0 Å². The number of rotatable bonds is 3. The molecule has 0 aliphatic carbocycles. The highest BCUT2D eigenvalue weighted by atomic mass is 35.5. The van der Waals surface area contributed by atoms with Crippen LogP contribution in [0, 0.1) is 11.6 Å². The lowest BCUT2D eigenvalue weighted by Crippen LogP contribution is -2.49. The Kier molecular flexibility index (Phi) is 4.37. The van der Waals surface area contributed by atoms with Crippen molar-refractivity contribution in [2.75, 3.05) is 6.54 Å². The number of halogens is 3. The molecule has 124 valence electrons. The van der Waals surface area contributed by atoms with Gasteiger partial charge in [0.1, 0.15) is 11.6 Å². The van der Waals surface area contributed by atoms with Gasteiger partial charge in [0.25, 0.3) is 0 Å². The Morgan fingerprint density at radius 2 is 1.96 bits per heavy atom. The summed E-state index contributed by atoms with van der Waals surface area (Å²) in [5, 5.41) is 0. The molecule has 1 aromatic heterocycles. The monoisotopic (exact) mass is 348 g/mol. The molecule has 1 amide bonds. The highest BCUT2D eigenvalue weighted by Gasteiger charge is 2.48. The number of aromatic nitrogens is 1. The fourth-order valence-electron chi connectivity index (χ4n) is 3.06. The Hall–Kier alpha value is -2.27. The molecule has 0 bridgehead atoms. The molecule has 2 heterocycles. The van der Waals surface area contributed by atoms with Crippen LogP contribution >= 0.6 is 11.6 Å². The van der Waals surface area contributed by atoms with Crippen LogP contribution in [0.1, 0.15) is 24.5 Å². The molecule has 2 aromatic rings. The molecule has 0 saturated carbocycles. The third-order valence-corrected chi connectivity index (χ3v) is 4.69. The Morgan fingerprint density at radius 3 is 2.54 bits per heavy atom. The van der Waals surface area contributed by atoms with E-state index in [2.05, 4.69) is 4.98 Å². The molecular weight excluding hydrogens is 334 g/mol. The molecule has 1 aromatic carbocycles. The van der Waals surface area contributed by atoms with E-state index < -0.39 is 16.6 Å². The third-order valence-electron chi connectivity index (χ3n) is 4.09. The molecule has 1 aliphatic heterocycles. The molecule has 1 aliphatic rings. The molecular formula is C18H15ClF2N2O. The largest absolute Gasteiger partial charge is 0.316 e. The number of carbonyl (C=O) groups excluding carboxylic acids is 1. The molecule has 3 nitrogen and oxygen atoms in total. The fourth-order valence-corrected chi connectivity index (χ4v) is 3.64. The lowest BCUT2D eigenvalue weighted by Gasteiger charge is -2.43. The minimum Gasteiger partial charge on any atom is -0.316 e. The van der Waals surface area contributed by atoms with Crippen molar-refractivity contribution in [3.8, 4) is 0 Å². The van der Waals surface area contributed by atoms with Crippen molar-refractivity contribution < 1.29 is 13.6 Å². The van der Waals surface area contributed by atoms with Gasteiger partial charge in [0.15, 0.2) is 5.00 Å². The fraction of sp³-hybridized carbons (Fsp3) is 0.222. The van der Waals surface area contributed by atoms with Gasteiger partial charge in [-0.05, 0) is 30.7 Å². The SMILES string of the molecule is CCN1C(=O)CC=C(c2cccnc2)C1(Cl)c1c(F)cccc1F. The molecule has 6 heteroatoms. The van der Waals surface area contributed by atoms with Crippen LogP contribution in [0.2, 0.25) is 0 Å². The second kappa shape index (κ2) is 6.32. The minimum absolute atomic E-state index is 0.114. The quantitative estimate of drug-likeness (QED) is 0.618. The summed E-state index contributed by atoms with van der Waals surface area (Å²) in [7, 11) is 0. The maximum Gasteiger partial charge on any atom is 0.228 e. The number of pyridine rings is 1. The van der Waals surface area contributed by atoms with Gasteiger partial charge >= 0.3 is 0 Å². The van der Waals surface area contributed by atoms with Gasteiger partial charge in [-0.3, -0.25) is 9.78 Å². The van der Waals surface area contributed by atoms with E-state index in [1.54, 1.807) is 37.5 Å². The molecule has 24 heavy (non-hydrogen) atoms. The predicted octanol–water partition coefficient (Wildman–Crippen LogP) is 4.09. The molecule has 1 unspecified atom stereocenters. The van der Waals surface area contributed by atoms with Crippen LogP contribution in [0.5, 0.6) is 0 Å². The summed E-state index contributed by atoms with van der Waals surface area (Å²) in [4.78, 5) is 15.9. The smallest absolute Gasteiger partial charge is 0.228 e. The van der Waals surface area contributed by atoms with E-state index in [1.165, 1.54) is 11.0 Å². The Labute approximate surface area is 143 Å². The summed E-state index contributed by atoms with van der Waals surface area (Å²) in [6, 6.07) is 6.99. The predicted molar refractivity (Wildman–Crippen MR) is 88.1 cm³/mol. The van der Waals surface area contributed by atoms with Crippen LogP contribution in [0.4, 0.5) is 8.78 Å². The zero-order valence-electron chi connectivity index (χ0n) is 13.0. The van der Waals surface area contributed by atoms with Crippen LogP contribution in [0.25, 0.3) is 5.57 Å². The number of alkyl halides is 1. The molecule has 0 spiro atoms. The molecule has 0 radical (unpaired) electrons. The highest BCUT2D eigenvalue weighted by Crippen LogP contribution is 2.49. The Bertz CT molecular complexity index is 790. The lowest BCUT2D eigenvalue weighted by molar-refractivity contribution is -0.133. The second-order valence-corrected chi connectivity index (χ2v) is 5.97. The van der Waals surface area contributed by atoms with Gasteiger partial charge in [-0.1, -0.05) is 29.8 Å². The molecule has 0 fully saturated rings. The third kappa shape index (κ3) is 2.49. The van der Waals surface area contributed by atoms with E-state index in [1.807, 2.05) is 0 Å². The number of carbonyl (C=O) groups is 1. The Balaban J connectivity index is 2.30. The van der Waals surface area contributed by atoms with E-state index in [9.17, 15) is 13.6 Å². The number of hydrogen-bond acceptors (Lipinski definition) is 2. The van der Waals surface area contributed by atoms with E-state index in [0.29, 0.717) is 11.1 Å². The maximum atomic E-state index is 14.5. The summed E-state index contributed by atoms with van der Waals surface area (Å²) >= 11 is 6.80. The number of hydrogen-bond donors (Lipinski definition) is 0. The topological polar surface area (TPSA) is 33.2 Å². The van der Waals surface area contributed by atoms with Crippen LogP contribution in [-0.2, 0) is 9.79 Å². The number of amides is 1. The molecule has 0 N–H and O–H groups in total. The molecule has 1 atom stereocenters. The first-order chi connectivity index (χ1) is 11.5. The Morgan fingerprint density at radius 1 is 1.25 bits per heavy atom. The summed E-state index contributed by atoms with van der Waals surface area (Å²) in [6.07, 6.45) is 4.88. The van der Waals surface area contributed by atoms with Gasteiger partial charge in [-0.25, -0.2) is 8.78 Å². The van der Waals surface area contributed by atoms with E-state index in [0.717, 1.165) is 12.1 Å². The molecule has 0 saturated heterocycles. The zero-order valence-corrected chi connectivity index (χ0v) is 13.7. The average Bonchev–Trinajstić information content (AvgIpc) is 2.56. The van der Waals surface area contributed by atoms with Gasteiger partial charge in [-0.2, -0.15) is 0 Å². The maximum absolute atomic E-state index is 14.5. The van der Waals surface area contributed by atoms with E-state index >= 15 is 0 Å². The van der Waals surface area contributed by atoms with Crippen molar-refractivity contribution in [2.24, 2.45) is 0 Å². The van der Waals surface area contributed by atoms with Crippen LogP contribution in [0.3, 0.4) is 0 Å². The first kappa shape index (κ1) is 16.6. The standard InChI is InChI=1S/C18H15ClF2N2O/c1-2-23-16(24)9-8-13(12-5-4-10-22-11-12)18(23,19)17-14(20)6-3-7-15(17)21/h3-8,10-11H,2,9H2,1H3. The van der Waals surface area contributed by atoms with Gasteiger partial charge in [0.2, 0.25) is 5.91 Å². The minimum atomic E-state index is -1.76. The summed E-state index contributed by atoms with van der Waals surface area (Å²) in [5.74, 6) is -1.89. The van der Waals surface area contributed by atoms with Crippen molar-refractivity contribution in [1.29, 1.82) is 0 Å². The summed E-state index contributed by atoms with van der Waals surface area (Å²) in [5.41, 5.74) is 0.709. The summed E-state index contributed by atoms with van der Waals surface area (Å²) in [6.45, 7) is 1.94. The van der Waals surface area contributed by atoms with E-state index in [4.69, 9.17) is 11.6 Å². The molecule has 3 rings (SSSR count). The van der Waals surface area contributed by atoms with Gasteiger partial charge < -0.3 is 4.90 Å². The van der Waals surface area contributed by atoms with Crippen molar-refractivity contribution in [1.82, 2.24) is 9.88 Å². The summed E-state index contributed by atoms with van der Waals surface area (Å²) < 4.78 is 29.0. The van der Waals surface area contributed by atoms with Crippen LogP contribution in [0.15, 0.2) is 48.8 Å². The van der Waals surface area contributed by atoms with Crippen molar-refractivity contribution in [2.45, 2.75) is 18.3 Å². The average molecular weight is 349 g/mol. The van der Waals surface area contributed by atoms with Gasteiger partial charge in [0.05, 0.1) is 5.56 Å². The van der Waals surface area contributed by atoms with Crippen LogP contribution < -0.4 is 0 Å². The second-order valence-electron chi connectivity index (χ2n) is 5.42. The number of likely N-dealkylation sites (N-methyl/N-ethyl adjacent to an activating group) is 1. The number of benzene rings is 1. The lowest BCUT2D eigenvalue weighted by atomic mass is 9.87. The van der Waals surface area contributed by atoms with Crippen molar-refractivity contribution in [3.05, 3.63) is 71.6 Å². The normalized spacial score (nSPS) is 20.9.